The van der Waals surface area contributed by atoms with Crippen molar-refractivity contribution in [3.8, 4) is 0 Å². The van der Waals surface area contributed by atoms with E-state index in [9.17, 15) is 14.0 Å². The zero-order valence-electron chi connectivity index (χ0n) is 17.2. The van der Waals surface area contributed by atoms with Gasteiger partial charge in [-0.15, -0.1) is 0 Å². The third-order valence-corrected chi connectivity index (χ3v) is 5.81. The number of hydrogen-bond donors (Lipinski definition) is 1. The number of likely N-dealkylation sites (tertiary alicyclic amines) is 1. The normalized spacial score (nSPS) is 18.1. The molecule has 1 aliphatic heterocycles. The van der Waals surface area contributed by atoms with Crippen LogP contribution in [0.1, 0.15) is 76.3 Å². The van der Waals surface area contributed by atoms with Crippen LogP contribution in [0, 0.1) is 12.7 Å². The number of aryl methyl sites for hydroxylation is 1. The lowest BCUT2D eigenvalue weighted by atomic mass is 9.93. The molecule has 2 aromatic rings. The quantitative estimate of drug-likeness (QED) is 0.769. The third kappa shape index (κ3) is 4.15. The fraction of sp³-hybridized carbons (Fsp3) is 0.435. The lowest BCUT2D eigenvalue weighted by molar-refractivity contribution is 0.0726. The molecule has 30 heavy (non-hydrogen) atoms. The highest BCUT2D eigenvalue weighted by Crippen LogP contribution is 2.31. The first-order valence-electron chi connectivity index (χ1n) is 10.6. The van der Waals surface area contributed by atoms with E-state index in [-0.39, 0.29) is 5.91 Å². The molecule has 158 valence electrons. The maximum absolute atomic E-state index is 13.1. The van der Waals surface area contributed by atoms with Crippen molar-refractivity contribution in [1.29, 1.82) is 0 Å². The summed E-state index contributed by atoms with van der Waals surface area (Å²) in [7, 11) is 0. The van der Waals surface area contributed by atoms with Gasteiger partial charge < -0.3 is 9.32 Å². The standard InChI is InChI=1S/C23H26FN3O3/c1-15-20-18(25-26-22(28)16-9-11-17(24)12-10-16)7-6-8-19(20)30-21(15)23(29)27-13-4-2-3-5-14-27/h9-12H,2-8,13-14H2,1H3,(H,26,28)/b25-18+. The van der Waals surface area contributed by atoms with E-state index in [1.807, 2.05) is 11.8 Å². The Morgan fingerprint density at radius 1 is 1.03 bits per heavy atom. The van der Waals surface area contributed by atoms with E-state index in [1.165, 1.54) is 24.3 Å². The van der Waals surface area contributed by atoms with Gasteiger partial charge in [-0.05, 0) is 56.9 Å². The van der Waals surface area contributed by atoms with Gasteiger partial charge in [0.15, 0.2) is 5.76 Å². The number of carbonyl (C=O) groups is 2. The number of halogens is 1. The number of benzene rings is 1. The predicted molar refractivity (Wildman–Crippen MR) is 111 cm³/mol. The first-order valence-corrected chi connectivity index (χ1v) is 10.6. The molecular formula is C23H26FN3O3. The highest BCUT2D eigenvalue weighted by Gasteiger charge is 2.30. The summed E-state index contributed by atoms with van der Waals surface area (Å²) >= 11 is 0. The molecule has 0 unspecified atom stereocenters. The first kappa shape index (κ1) is 20.3. The summed E-state index contributed by atoms with van der Waals surface area (Å²) in [6, 6.07) is 5.31. The fourth-order valence-corrected chi connectivity index (χ4v) is 4.19. The molecule has 7 heteroatoms. The molecule has 2 heterocycles. The average Bonchev–Trinajstić information content (AvgIpc) is 2.93. The van der Waals surface area contributed by atoms with Crippen molar-refractivity contribution >= 4 is 17.5 Å². The predicted octanol–water partition coefficient (Wildman–Crippen LogP) is 4.21. The maximum atomic E-state index is 13.1. The molecule has 0 radical (unpaired) electrons. The summed E-state index contributed by atoms with van der Waals surface area (Å²) in [6.07, 6.45) is 6.62. The van der Waals surface area contributed by atoms with Gasteiger partial charge in [0, 0.05) is 36.2 Å². The number of nitrogens with one attached hydrogen (secondary N) is 1. The number of hydrazone groups is 1. The molecular weight excluding hydrogens is 385 g/mol. The number of carbonyl (C=O) groups excluding carboxylic acids is 2. The third-order valence-electron chi connectivity index (χ3n) is 5.81. The molecule has 1 aliphatic carbocycles. The van der Waals surface area contributed by atoms with Crippen LogP contribution in [0.15, 0.2) is 33.8 Å². The summed E-state index contributed by atoms with van der Waals surface area (Å²) in [5.74, 6) is 0.286. The fourth-order valence-electron chi connectivity index (χ4n) is 4.19. The Labute approximate surface area is 175 Å². The molecule has 0 bridgehead atoms. The van der Waals surface area contributed by atoms with Crippen LogP contribution in [0.5, 0.6) is 0 Å². The van der Waals surface area contributed by atoms with Crippen LogP contribution in [0.4, 0.5) is 4.39 Å². The van der Waals surface area contributed by atoms with E-state index in [1.54, 1.807) is 0 Å². The Balaban J connectivity index is 1.56. The minimum absolute atomic E-state index is 0.0569. The second-order valence-corrected chi connectivity index (χ2v) is 7.92. The Bertz CT molecular complexity index is 970. The molecule has 1 N–H and O–H groups in total. The second kappa shape index (κ2) is 8.81. The highest BCUT2D eigenvalue weighted by atomic mass is 19.1. The first-order chi connectivity index (χ1) is 14.5. The van der Waals surface area contributed by atoms with Crippen molar-refractivity contribution in [2.75, 3.05) is 13.1 Å². The van der Waals surface area contributed by atoms with Gasteiger partial charge in [-0.1, -0.05) is 12.8 Å². The molecule has 2 amide bonds. The minimum Gasteiger partial charge on any atom is -0.455 e. The maximum Gasteiger partial charge on any atom is 0.289 e. The monoisotopic (exact) mass is 411 g/mol. The summed E-state index contributed by atoms with van der Waals surface area (Å²) < 4.78 is 19.1. The second-order valence-electron chi connectivity index (χ2n) is 7.92. The van der Waals surface area contributed by atoms with Crippen LogP contribution in [-0.4, -0.2) is 35.5 Å². The largest absolute Gasteiger partial charge is 0.455 e. The van der Waals surface area contributed by atoms with Gasteiger partial charge in [0.25, 0.3) is 11.8 Å². The lowest BCUT2D eigenvalue weighted by Gasteiger charge is -2.19. The van der Waals surface area contributed by atoms with Crippen molar-refractivity contribution in [3.05, 3.63) is 58.3 Å². The van der Waals surface area contributed by atoms with Crippen molar-refractivity contribution in [3.63, 3.8) is 0 Å². The zero-order valence-corrected chi connectivity index (χ0v) is 17.2. The number of rotatable bonds is 3. The number of fused-ring (bicyclic) bond motifs is 1. The van der Waals surface area contributed by atoms with E-state index in [0.717, 1.165) is 68.5 Å². The van der Waals surface area contributed by atoms with Crippen molar-refractivity contribution in [1.82, 2.24) is 10.3 Å². The number of nitrogens with zero attached hydrogens (tertiary/aromatic N) is 2. The number of amides is 2. The van der Waals surface area contributed by atoms with Crippen LogP contribution < -0.4 is 5.43 Å². The van der Waals surface area contributed by atoms with Gasteiger partial charge in [-0.25, -0.2) is 9.82 Å². The molecule has 0 atom stereocenters. The lowest BCUT2D eigenvalue weighted by Crippen LogP contribution is -2.32. The zero-order chi connectivity index (χ0) is 21.1. The van der Waals surface area contributed by atoms with Crippen molar-refractivity contribution < 1.29 is 18.4 Å². The van der Waals surface area contributed by atoms with E-state index >= 15 is 0 Å². The van der Waals surface area contributed by atoms with Crippen LogP contribution >= 0.6 is 0 Å². The Hall–Kier alpha value is -2.96. The number of hydrogen-bond acceptors (Lipinski definition) is 4. The molecule has 1 saturated heterocycles. The smallest absolute Gasteiger partial charge is 0.289 e. The molecule has 6 nitrogen and oxygen atoms in total. The SMILES string of the molecule is Cc1c(C(=O)N2CCCCCC2)oc2c1/C(=N/NC(=O)c1ccc(F)cc1)CCC2. The summed E-state index contributed by atoms with van der Waals surface area (Å²) in [4.78, 5) is 27.3. The van der Waals surface area contributed by atoms with Gasteiger partial charge in [0.1, 0.15) is 11.6 Å². The van der Waals surface area contributed by atoms with Crippen LogP contribution in [0.3, 0.4) is 0 Å². The Morgan fingerprint density at radius 2 is 1.73 bits per heavy atom. The molecule has 2 aliphatic rings. The topological polar surface area (TPSA) is 74.9 Å². The Kier molecular flexibility index (Phi) is 5.97. The van der Waals surface area contributed by atoms with Gasteiger partial charge in [-0.3, -0.25) is 9.59 Å². The van der Waals surface area contributed by atoms with Crippen LogP contribution in [-0.2, 0) is 6.42 Å². The minimum atomic E-state index is -0.406. The van der Waals surface area contributed by atoms with Crippen molar-refractivity contribution in [2.24, 2.45) is 5.10 Å². The molecule has 1 aromatic heterocycles. The Morgan fingerprint density at radius 3 is 2.43 bits per heavy atom. The van der Waals surface area contributed by atoms with E-state index in [2.05, 4.69) is 10.5 Å². The molecule has 1 fully saturated rings. The molecule has 0 saturated carbocycles. The highest BCUT2D eigenvalue weighted by molar-refractivity contribution is 6.07. The van der Waals surface area contributed by atoms with Crippen molar-refractivity contribution in [2.45, 2.75) is 51.9 Å². The van der Waals surface area contributed by atoms with E-state index < -0.39 is 11.7 Å². The van der Waals surface area contributed by atoms with Gasteiger partial charge >= 0.3 is 0 Å². The van der Waals surface area contributed by atoms with Gasteiger partial charge in [0.2, 0.25) is 0 Å². The molecule has 0 spiro atoms. The molecule has 1 aromatic carbocycles. The summed E-state index contributed by atoms with van der Waals surface area (Å²) in [6.45, 7) is 3.41. The molecule has 4 rings (SSSR count). The van der Waals surface area contributed by atoms with Crippen LogP contribution in [0.25, 0.3) is 0 Å². The summed E-state index contributed by atoms with van der Waals surface area (Å²) in [5.41, 5.74) is 5.22. The number of furan rings is 1. The van der Waals surface area contributed by atoms with Gasteiger partial charge in [0.05, 0.1) is 5.71 Å². The average molecular weight is 411 g/mol. The van der Waals surface area contributed by atoms with E-state index in [4.69, 9.17) is 4.42 Å². The summed E-state index contributed by atoms with van der Waals surface area (Å²) in [5, 5.41) is 4.32. The van der Waals surface area contributed by atoms with Gasteiger partial charge in [-0.2, -0.15) is 5.10 Å². The van der Waals surface area contributed by atoms with Crippen LogP contribution in [0.2, 0.25) is 0 Å². The van der Waals surface area contributed by atoms with E-state index in [0.29, 0.717) is 23.5 Å².